The zero-order chi connectivity index (χ0) is 15.2. The maximum Gasteiger partial charge on any atom is 0.0952 e. The van der Waals surface area contributed by atoms with E-state index in [-0.39, 0.29) is 0 Å². The Balaban J connectivity index is 1.98. The molecule has 0 radical (unpaired) electrons. The molecule has 21 heavy (non-hydrogen) atoms. The van der Waals surface area contributed by atoms with E-state index in [1.807, 2.05) is 6.07 Å². The van der Waals surface area contributed by atoms with E-state index in [2.05, 4.69) is 56.2 Å². The minimum atomic E-state index is 0.687. The van der Waals surface area contributed by atoms with Crippen LogP contribution in [0.15, 0.2) is 41.2 Å². The van der Waals surface area contributed by atoms with Gasteiger partial charge < -0.3 is 14.6 Å². The normalized spacial score (nSPS) is 11.1. The van der Waals surface area contributed by atoms with Crippen molar-refractivity contribution in [2.75, 3.05) is 18.5 Å². The summed E-state index contributed by atoms with van der Waals surface area (Å²) in [6, 6.07) is 8.70. The first kappa shape index (κ1) is 15.6. The highest BCUT2D eigenvalue weighted by atomic mass is 16.3. The number of hydrogen-bond acceptors (Lipinski definition) is 3. The fraction of sp³-hybridized carbons (Fsp3) is 0.444. The van der Waals surface area contributed by atoms with Crippen LogP contribution in [0.2, 0.25) is 0 Å². The monoisotopic (exact) mass is 286 g/mol. The van der Waals surface area contributed by atoms with Crippen molar-refractivity contribution in [1.29, 1.82) is 0 Å². The zero-order valence-corrected chi connectivity index (χ0v) is 13.5. The van der Waals surface area contributed by atoms with E-state index in [1.54, 1.807) is 12.5 Å². The molecule has 0 saturated carbocycles. The Kier molecular flexibility index (Phi) is 5.45. The highest BCUT2D eigenvalue weighted by molar-refractivity contribution is 5.54. The maximum absolute atomic E-state index is 5.13. The number of nitrogens with zero attached hydrogens (tertiary/aromatic N) is 1. The summed E-state index contributed by atoms with van der Waals surface area (Å²) in [6.07, 6.45) is 3.52. The summed E-state index contributed by atoms with van der Waals surface area (Å²) in [5.74, 6) is 0.687. The van der Waals surface area contributed by atoms with E-state index < -0.39 is 0 Å². The van der Waals surface area contributed by atoms with Crippen LogP contribution >= 0.6 is 0 Å². The number of nitrogens with one attached hydrogen (secondary N) is 1. The van der Waals surface area contributed by atoms with Crippen LogP contribution in [-0.2, 0) is 13.1 Å². The van der Waals surface area contributed by atoms with Gasteiger partial charge in [-0.15, -0.1) is 0 Å². The molecule has 1 N–H and O–H groups in total. The Morgan fingerprint density at radius 1 is 1.19 bits per heavy atom. The van der Waals surface area contributed by atoms with Crippen LogP contribution in [0.3, 0.4) is 0 Å². The first-order valence-corrected chi connectivity index (χ1v) is 7.58. The molecule has 0 bridgehead atoms. The lowest BCUT2D eigenvalue weighted by Crippen LogP contribution is -2.20. The predicted octanol–water partition coefficient (Wildman–Crippen LogP) is 3.97. The Labute approximate surface area is 128 Å². The van der Waals surface area contributed by atoms with Gasteiger partial charge in [-0.3, -0.25) is 0 Å². The molecule has 0 saturated heterocycles. The topological polar surface area (TPSA) is 28.4 Å². The summed E-state index contributed by atoms with van der Waals surface area (Å²) >= 11 is 0. The Bertz CT molecular complexity index is 546. The molecule has 1 aromatic heterocycles. The molecule has 1 aromatic carbocycles. The SMILES string of the molecule is Cc1cc(CNCC(C)C)ccc1N(C)Cc1ccoc1. The van der Waals surface area contributed by atoms with Gasteiger partial charge in [-0.05, 0) is 42.6 Å². The first-order valence-electron chi connectivity index (χ1n) is 7.58. The summed E-state index contributed by atoms with van der Waals surface area (Å²) in [7, 11) is 2.12. The average molecular weight is 286 g/mol. The quantitative estimate of drug-likeness (QED) is 0.835. The van der Waals surface area contributed by atoms with Gasteiger partial charge in [0.25, 0.3) is 0 Å². The van der Waals surface area contributed by atoms with Crippen molar-refractivity contribution in [1.82, 2.24) is 5.32 Å². The minimum Gasteiger partial charge on any atom is -0.472 e. The lowest BCUT2D eigenvalue weighted by molar-refractivity contribution is 0.552. The third-order valence-electron chi connectivity index (χ3n) is 3.55. The number of hydrogen-bond donors (Lipinski definition) is 1. The summed E-state index contributed by atoms with van der Waals surface area (Å²) in [4.78, 5) is 2.26. The van der Waals surface area contributed by atoms with Crippen LogP contribution < -0.4 is 10.2 Å². The summed E-state index contributed by atoms with van der Waals surface area (Å²) < 4.78 is 5.13. The first-order chi connectivity index (χ1) is 10.1. The van der Waals surface area contributed by atoms with Crippen molar-refractivity contribution in [3.8, 4) is 0 Å². The largest absolute Gasteiger partial charge is 0.472 e. The van der Waals surface area contributed by atoms with Crippen molar-refractivity contribution in [2.45, 2.75) is 33.9 Å². The second-order valence-corrected chi connectivity index (χ2v) is 6.13. The van der Waals surface area contributed by atoms with Crippen LogP contribution in [-0.4, -0.2) is 13.6 Å². The Morgan fingerprint density at radius 2 is 2.00 bits per heavy atom. The fourth-order valence-corrected chi connectivity index (χ4v) is 2.50. The second-order valence-electron chi connectivity index (χ2n) is 6.13. The smallest absolute Gasteiger partial charge is 0.0952 e. The second kappa shape index (κ2) is 7.32. The third-order valence-corrected chi connectivity index (χ3v) is 3.55. The molecule has 0 spiro atoms. The van der Waals surface area contributed by atoms with Crippen molar-refractivity contribution in [3.63, 3.8) is 0 Å². The molecule has 0 atom stereocenters. The van der Waals surface area contributed by atoms with Gasteiger partial charge in [0.15, 0.2) is 0 Å². The van der Waals surface area contributed by atoms with Crippen LogP contribution in [0.1, 0.15) is 30.5 Å². The molecule has 0 unspecified atom stereocenters. The summed E-state index contributed by atoms with van der Waals surface area (Å²) in [6.45, 7) is 9.49. The molecule has 114 valence electrons. The average Bonchev–Trinajstić information content (AvgIpc) is 2.91. The lowest BCUT2D eigenvalue weighted by Gasteiger charge is -2.21. The molecule has 2 rings (SSSR count). The van der Waals surface area contributed by atoms with E-state index in [9.17, 15) is 0 Å². The molecule has 0 aliphatic heterocycles. The summed E-state index contributed by atoms with van der Waals surface area (Å²) in [5, 5.41) is 3.49. The highest BCUT2D eigenvalue weighted by Crippen LogP contribution is 2.22. The molecule has 0 fully saturated rings. The van der Waals surface area contributed by atoms with Gasteiger partial charge in [-0.2, -0.15) is 0 Å². The summed E-state index contributed by atoms with van der Waals surface area (Å²) in [5.41, 5.74) is 5.11. The number of anilines is 1. The van der Waals surface area contributed by atoms with Crippen molar-refractivity contribution in [3.05, 3.63) is 53.5 Å². The van der Waals surface area contributed by atoms with E-state index in [4.69, 9.17) is 4.42 Å². The van der Waals surface area contributed by atoms with Gasteiger partial charge in [0.05, 0.1) is 12.5 Å². The number of furan rings is 1. The van der Waals surface area contributed by atoms with Crippen LogP contribution in [0.4, 0.5) is 5.69 Å². The van der Waals surface area contributed by atoms with Crippen LogP contribution in [0, 0.1) is 12.8 Å². The molecule has 0 aliphatic rings. The molecule has 0 aliphatic carbocycles. The molecule has 0 amide bonds. The van der Waals surface area contributed by atoms with Gasteiger partial charge in [-0.25, -0.2) is 0 Å². The zero-order valence-electron chi connectivity index (χ0n) is 13.5. The van der Waals surface area contributed by atoms with Crippen LogP contribution in [0.25, 0.3) is 0 Å². The van der Waals surface area contributed by atoms with Crippen molar-refractivity contribution in [2.24, 2.45) is 5.92 Å². The molecular formula is C18H26N2O. The van der Waals surface area contributed by atoms with E-state index in [1.165, 1.54) is 22.4 Å². The molecule has 1 heterocycles. The van der Waals surface area contributed by atoms with E-state index in [0.29, 0.717) is 5.92 Å². The molecule has 2 aromatic rings. The van der Waals surface area contributed by atoms with Gasteiger partial charge in [0.2, 0.25) is 0 Å². The van der Waals surface area contributed by atoms with Crippen LogP contribution in [0.5, 0.6) is 0 Å². The number of benzene rings is 1. The fourth-order valence-electron chi connectivity index (χ4n) is 2.50. The molecule has 3 heteroatoms. The molecule has 3 nitrogen and oxygen atoms in total. The molecular weight excluding hydrogens is 260 g/mol. The van der Waals surface area contributed by atoms with Crippen molar-refractivity contribution < 1.29 is 4.42 Å². The highest BCUT2D eigenvalue weighted by Gasteiger charge is 2.07. The van der Waals surface area contributed by atoms with Crippen molar-refractivity contribution >= 4 is 5.69 Å². The van der Waals surface area contributed by atoms with Gasteiger partial charge in [0.1, 0.15) is 0 Å². The number of aryl methyl sites for hydroxylation is 1. The standard InChI is InChI=1S/C18H26N2O/c1-14(2)10-19-11-16-5-6-18(15(3)9-16)20(4)12-17-7-8-21-13-17/h5-9,13-14,19H,10-12H2,1-4H3. The lowest BCUT2D eigenvalue weighted by atomic mass is 10.1. The predicted molar refractivity (Wildman–Crippen MR) is 88.5 cm³/mol. The van der Waals surface area contributed by atoms with Gasteiger partial charge in [0, 0.05) is 31.4 Å². The van der Waals surface area contributed by atoms with E-state index >= 15 is 0 Å². The van der Waals surface area contributed by atoms with E-state index in [0.717, 1.165) is 19.6 Å². The maximum atomic E-state index is 5.13. The Morgan fingerprint density at radius 3 is 2.62 bits per heavy atom. The van der Waals surface area contributed by atoms with Gasteiger partial charge in [-0.1, -0.05) is 26.0 Å². The minimum absolute atomic E-state index is 0.687. The van der Waals surface area contributed by atoms with Gasteiger partial charge >= 0.3 is 0 Å². The third kappa shape index (κ3) is 4.64. The number of rotatable bonds is 7. The Hall–Kier alpha value is -1.74.